The van der Waals surface area contributed by atoms with Gasteiger partial charge >= 0.3 is 0 Å². The zero-order valence-corrected chi connectivity index (χ0v) is 11.2. The van der Waals surface area contributed by atoms with Gasteiger partial charge < -0.3 is 0 Å². The monoisotopic (exact) mass is 275 g/mol. The van der Waals surface area contributed by atoms with Gasteiger partial charge in [0.1, 0.15) is 4.38 Å². The molecule has 0 saturated heterocycles. The second kappa shape index (κ2) is 7.17. The van der Waals surface area contributed by atoms with Crippen LogP contribution in [0.25, 0.3) is 0 Å². The molecule has 1 rings (SSSR count). The highest BCUT2D eigenvalue weighted by Crippen LogP contribution is 2.22. The fourth-order valence-corrected chi connectivity index (χ4v) is 2.65. The van der Waals surface area contributed by atoms with E-state index in [0.717, 1.165) is 17.2 Å². The highest BCUT2D eigenvalue weighted by molar-refractivity contribution is 8.23. The number of hydrogen-bond donors (Lipinski definition) is 2. The van der Waals surface area contributed by atoms with Crippen LogP contribution in [0, 0.1) is 11.3 Å². The maximum atomic E-state index is 8.36. The molecule has 0 aliphatic rings. The van der Waals surface area contributed by atoms with Crippen LogP contribution in [0.15, 0.2) is 10.4 Å². The lowest BCUT2D eigenvalue weighted by atomic mass is 10.6. The van der Waals surface area contributed by atoms with Gasteiger partial charge in [0.15, 0.2) is 0 Å². The summed E-state index contributed by atoms with van der Waals surface area (Å²) in [6.07, 6.45) is 0.581. The number of thiol groups is 2. The summed E-state index contributed by atoms with van der Waals surface area (Å²) in [4.78, 5) is 8.29. The lowest BCUT2D eigenvalue weighted by Crippen LogP contribution is -1.82. The summed E-state index contributed by atoms with van der Waals surface area (Å²) in [6, 6.07) is 2.10. The number of hydrogen-bond acceptors (Lipinski definition) is 5. The molecule has 1 aromatic heterocycles. The summed E-state index contributed by atoms with van der Waals surface area (Å²) in [5.74, 6) is 1.67. The molecule has 15 heavy (non-hydrogen) atoms. The lowest BCUT2D eigenvalue weighted by molar-refractivity contribution is 1.20. The van der Waals surface area contributed by atoms with Crippen LogP contribution in [0.2, 0.25) is 0 Å². The third-order valence-corrected chi connectivity index (χ3v) is 3.32. The van der Waals surface area contributed by atoms with Crippen molar-refractivity contribution in [3.05, 3.63) is 11.1 Å². The molecule has 3 nitrogen and oxygen atoms in total. The maximum absolute atomic E-state index is 8.36. The molecular weight excluding hydrogens is 266 g/mol. The molecule has 7 heteroatoms. The Labute approximate surface area is 108 Å². The van der Waals surface area contributed by atoms with Gasteiger partial charge in [0, 0.05) is 23.3 Å². The number of thioether (sulfide) groups is 1. The molecule has 0 atom stereocenters. The molecule has 1 heterocycles. The second-order valence-electron chi connectivity index (χ2n) is 2.49. The van der Waals surface area contributed by atoms with Crippen LogP contribution in [0.4, 0.5) is 5.13 Å². The Kier molecular flexibility index (Phi) is 6.17. The standard InChI is InChI=1S/C8H9N3S4/c9-2-1-3-14-4-6-5-15-7(10-6)11-8(12)13/h5H,1,3-4H2,(H2,10,11,12,13). The van der Waals surface area contributed by atoms with Crippen molar-refractivity contribution in [3.8, 4) is 6.07 Å². The van der Waals surface area contributed by atoms with E-state index in [4.69, 9.17) is 5.26 Å². The molecule has 0 spiro atoms. The van der Waals surface area contributed by atoms with E-state index < -0.39 is 0 Å². The number of nitriles is 1. The molecule has 0 unspecified atom stereocenters. The van der Waals surface area contributed by atoms with Crippen LogP contribution < -0.4 is 0 Å². The second-order valence-corrected chi connectivity index (χ2v) is 5.64. The van der Waals surface area contributed by atoms with E-state index in [-0.39, 0.29) is 0 Å². The number of thiazole rings is 1. The number of rotatable bonds is 5. The Hall–Kier alpha value is -0.160. The zero-order chi connectivity index (χ0) is 11.1. The van der Waals surface area contributed by atoms with Crippen LogP contribution in [-0.2, 0) is 5.75 Å². The van der Waals surface area contributed by atoms with Crippen LogP contribution >= 0.6 is 48.4 Å². The van der Waals surface area contributed by atoms with E-state index in [0.29, 0.717) is 15.9 Å². The summed E-state index contributed by atoms with van der Waals surface area (Å²) in [6.45, 7) is 0. The van der Waals surface area contributed by atoms with Crippen LogP contribution in [0.1, 0.15) is 12.1 Å². The summed E-state index contributed by atoms with van der Waals surface area (Å²) >= 11 is 11.1. The topological polar surface area (TPSA) is 49.0 Å². The highest BCUT2D eigenvalue weighted by atomic mass is 32.2. The predicted octanol–water partition coefficient (Wildman–Crippen LogP) is 3.14. The van der Waals surface area contributed by atoms with E-state index in [1.807, 2.05) is 5.38 Å². The molecule has 0 aromatic carbocycles. The molecule has 0 aliphatic heterocycles. The number of aromatic nitrogens is 1. The van der Waals surface area contributed by atoms with Crippen molar-refractivity contribution in [2.24, 2.45) is 4.99 Å². The van der Waals surface area contributed by atoms with E-state index in [2.05, 4.69) is 41.3 Å². The van der Waals surface area contributed by atoms with Gasteiger partial charge in [-0.15, -0.1) is 36.6 Å². The Morgan fingerprint density at radius 2 is 2.47 bits per heavy atom. The minimum Gasteiger partial charge on any atom is -0.223 e. The first kappa shape index (κ1) is 12.9. The van der Waals surface area contributed by atoms with Crippen molar-refractivity contribution in [2.45, 2.75) is 12.2 Å². The lowest BCUT2D eigenvalue weighted by Gasteiger charge is -1.93. The molecule has 0 radical (unpaired) electrons. The molecule has 0 saturated carbocycles. The molecule has 0 aliphatic carbocycles. The molecule has 0 bridgehead atoms. The normalized spacial score (nSPS) is 9.67. The van der Waals surface area contributed by atoms with Crippen molar-refractivity contribution >= 4 is 57.9 Å². The Morgan fingerprint density at radius 1 is 1.67 bits per heavy atom. The predicted molar refractivity (Wildman–Crippen MR) is 73.6 cm³/mol. The SMILES string of the molecule is N#CCCSCc1csc(N=C(S)S)n1. The van der Waals surface area contributed by atoms with Crippen molar-refractivity contribution < 1.29 is 0 Å². The third-order valence-electron chi connectivity index (χ3n) is 1.34. The zero-order valence-electron chi connectivity index (χ0n) is 7.75. The van der Waals surface area contributed by atoms with E-state index in [1.165, 1.54) is 11.3 Å². The first-order valence-electron chi connectivity index (χ1n) is 4.08. The number of aliphatic imine (C=N–C) groups is 1. The number of nitrogens with zero attached hydrogens (tertiary/aromatic N) is 3. The van der Waals surface area contributed by atoms with Crippen molar-refractivity contribution in [2.75, 3.05) is 5.75 Å². The van der Waals surface area contributed by atoms with Crippen LogP contribution in [0.5, 0.6) is 0 Å². The Morgan fingerprint density at radius 3 is 3.13 bits per heavy atom. The van der Waals surface area contributed by atoms with Gasteiger partial charge in [0.05, 0.1) is 11.8 Å². The van der Waals surface area contributed by atoms with Crippen molar-refractivity contribution in [3.63, 3.8) is 0 Å². The van der Waals surface area contributed by atoms with Gasteiger partial charge in [-0.2, -0.15) is 17.0 Å². The maximum Gasteiger partial charge on any atom is 0.210 e. The molecule has 1 aromatic rings. The van der Waals surface area contributed by atoms with Gasteiger partial charge in [-0.05, 0) is 0 Å². The minimum absolute atomic E-state index is 0.410. The smallest absolute Gasteiger partial charge is 0.210 e. The summed E-state index contributed by atoms with van der Waals surface area (Å²) in [5, 5.41) is 11.0. The van der Waals surface area contributed by atoms with Crippen molar-refractivity contribution in [1.82, 2.24) is 4.98 Å². The average molecular weight is 275 g/mol. The fraction of sp³-hybridized carbons (Fsp3) is 0.375. The summed E-state index contributed by atoms with van der Waals surface area (Å²) < 4.78 is 0.410. The Balaban J connectivity index is 2.40. The average Bonchev–Trinajstić information content (AvgIpc) is 2.59. The fourth-order valence-electron chi connectivity index (χ4n) is 0.794. The van der Waals surface area contributed by atoms with E-state index in [1.54, 1.807) is 11.8 Å². The van der Waals surface area contributed by atoms with Crippen LogP contribution in [0.3, 0.4) is 0 Å². The molecule has 0 N–H and O–H groups in total. The molecule has 0 amide bonds. The van der Waals surface area contributed by atoms with E-state index >= 15 is 0 Å². The first-order chi connectivity index (χ1) is 7.22. The molecule has 0 fully saturated rings. The van der Waals surface area contributed by atoms with Crippen LogP contribution in [-0.4, -0.2) is 15.1 Å². The van der Waals surface area contributed by atoms with Gasteiger partial charge in [0.2, 0.25) is 5.13 Å². The van der Waals surface area contributed by atoms with Gasteiger partial charge in [-0.3, -0.25) is 0 Å². The van der Waals surface area contributed by atoms with Gasteiger partial charge in [-0.25, -0.2) is 9.98 Å². The van der Waals surface area contributed by atoms with E-state index in [9.17, 15) is 0 Å². The Bertz CT molecular complexity index is 375. The third kappa shape index (κ3) is 5.47. The summed E-state index contributed by atoms with van der Waals surface area (Å²) in [5.41, 5.74) is 0.990. The highest BCUT2D eigenvalue weighted by Gasteiger charge is 2.00. The van der Waals surface area contributed by atoms with Gasteiger partial charge in [0.25, 0.3) is 0 Å². The molecular formula is C8H9N3S4. The largest absolute Gasteiger partial charge is 0.223 e. The van der Waals surface area contributed by atoms with Gasteiger partial charge in [-0.1, -0.05) is 0 Å². The first-order valence-corrected chi connectivity index (χ1v) is 7.01. The minimum atomic E-state index is 0.410. The molecule has 80 valence electrons. The quantitative estimate of drug-likeness (QED) is 0.376. The summed E-state index contributed by atoms with van der Waals surface area (Å²) in [7, 11) is 0. The van der Waals surface area contributed by atoms with Crippen molar-refractivity contribution in [1.29, 1.82) is 5.26 Å².